The van der Waals surface area contributed by atoms with E-state index in [1.165, 1.54) is 18.1 Å². The number of amides is 2. The van der Waals surface area contributed by atoms with Crippen LogP contribution in [0.1, 0.15) is 11.8 Å². The van der Waals surface area contributed by atoms with E-state index >= 15 is 0 Å². The largest absolute Gasteiger partial charge is 0.350 e. The Morgan fingerprint density at radius 3 is 2.81 bits per heavy atom. The van der Waals surface area contributed by atoms with E-state index in [2.05, 4.69) is 15.3 Å². The third-order valence-electron chi connectivity index (χ3n) is 3.95. The SMILES string of the molecule is CCN(CC(=O)NCc1cccs1)C(=O)CSc1ncnc2ccccc12. The van der Waals surface area contributed by atoms with Crippen molar-refractivity contribution in [2.75, 3.05) is 18.8 Å². The van der Waals surface area contributed by atoms with Gasteiger partial charge in [-0.3, -0.25) is 9.59 Å². The van der Waals surface area contributed by atoms with Gasteiger partial charge >= 0.3 is 0 Å². The highest BCUT2D eigenvalue weighted by molar-refractivity contribution is 8.00. The molecule has 0 fully saturated rings. The van der Waals surface area contributed by atoms with Gasteiger partial charge in [-0.15, -0.1) is 11.3 Å². The zero-order chi connectivity index (χ0) is 19.1. The summed E-state index contributed by atoms with van der Waals surface area (Å²) in [6.45, 7) is 2.90. The van der Waals surface area contributed by atoms with Gasteiger partial charge in [0.15, 0.2) is 0 Å². The molecule has 3 aromatic rings. The first-order valence-corrected chi connectivity index (χ1v) is 10.4. The molecule has 6 nitrogen and oxygen atoms in total. The zero-order valence-electron chi connectivity index (χ0n) is 14.9. The molecule has 1 N–H and O–H groups in total. The normalized spacial score (nSPS) is 10.7. The second-order valence-electron chi connectivity index (χ2n) is 5.75. The number of hydrogen-bond donors (Lipinski definition) is 1. The van der Waals surface area contributed by atoms with Crippen LogP contribution in [-0.4, -0.2) is 45.5 Å². The van der Waals surface area contributed by atoms with E-state index in [1.54, 1.807) is 16.2 Å². The van der Waals surface area contributed by atoms with E-state index in [0.29, 0.717) is 13.1 Å². The quantitative estimate of drug-likeness (QED) is 0.465. The predicted molar refractivity (Wildman–Crippen MR) is 109 cm³/mol. The van der Waals surface area contributed by atoms with Crippen LogP contribution in [0, 0.1) is 0 Å². The van der Waals surface area contributed by atoms with Gasteiger partial charge in [0.1, 0.15) is 11.4 Å². The fourth-order valence-electron chi connectivity index (χ4n) is 2.52. The van der Waals surface area contributed by atoms with Gasteiger partial charge in [0.05, 0.1) is 24.4 Å². The maximum Gasteiger partial charge on any atom is 0.239 e. The molecule has 0 aliphatic carbocycles. The first-order valence-electron chi connectivity index (χ1n) is 8.56. The highest BCUT2D eigenvalue weighted by Gasteiger charge is 2.16. The molecule has 0 unspecified atom stereocenters. The predicted octanol–water partition coefficient (Wildman–Crippen LogP) is 2.95. The van der Waals surface area contributed by atoms with Gasteiger partial charge in [-0.05, 0) is 24.4 Å². The summed E-state index contributed by atoms with van der Waals surface area (Å²) in [4.78, 5) is 35.8. The van der Waals surface area contributed by atoms with Crippen molar-refractivity contribution in [3.63, 3.8) is 0 Å². The third kappa shape index (κ3) is 5.27. The Bertz CT molecular complexity index is 910. The van der Waals surface area contributed by atoms with E-state index in [1.807, 2.05) is 48.7 Å². The number of hydrogen-bond acceptors (Lipinski definition) is 6. The maximum atomic E-state index is 12.5. The van der Waals surface area contributed by atoms with Crippen LogP contribution in [0.3, 0.4) is 0 Å². The minimum Gasteiger partial charge on any atom is -0.350 e. The molecule has 2 aromatic heterocycles. The van der Waals surface area contributed by atoms with Crippen LogP contribution in [0.25, 0.3) is 10.9 Å². The van der Waals surface area contributed by atoms with Gasteiger partial charge in [-0.2, -0.15) is 0 Å². The van der Waals surface area contributed by atoms with Crippen molar-refractivity contribution < 1.29 is 9.59 Å². The zero-order valence-corrected chi connectivity index (χ0v) is 16.6. The third-order valence-corrected chi connectivity index (χ3v) is 5.81. The van der Waals surface area contributed by atoms with Crippen molar-refractivity contribution in [2.24, 2.45) is 0 Å². The smallest absolute Gasteiger partial charge is 0.239 e. The Morgan fingerprint density at radius 2 is 2.04 bits per heavy atom. The summed E-state index contributed by atoms with van der Waals surface area (Å²) < 4.78 is 0. The van der Waals surface area contributed by atoms with E-state index in [9.17, 15) is 9.59 Å². The van der Waals surface area contributed by atoms with Crippen LogP contribution < -0.4 is 5.32 Å². The lowest BCUT2D eigenvalue weighted by atomic mass is 10.2. The first-order chi connectivity index (χ1) is 13.2. The van der Waals surface area contributed by atoms with Crippen molar-refractivity contribution >= 4 is 45.8 Å². The molecule has 3 rings (SSSR count). The molecule has 27 heavy (non-hydrogen) atoms. The van der Waals surface area contributed by atoms with Crippen molar-refractivity contribution in [1.29, 1.82) is 0 Å². The highest BCUT2D eigenvalue weighted by Crippen LogP contribution is 2.24. The number of aromatic nitrogens is 2. The summed E-state index contributed by atoms with van der Waals surface area (Å²) >= 11 is 2.96. The summed E-state index contributed by atoms with van der Waals surface area (Å²) in [6.07, 6.45) is 1.50. The lowest BCUT2D eigenvalue weighted by Gasteiger charge is -2.20. The van der Waals surface area contributed by atoms with Crippen molar-refractivity contribution in [3.05, 3.63) is 53.0 Å². The Kier molecular flexibility index (Phi) is 6.78. The summed E-state index contributed by atoms with van der Waals surface area (Å²) in [5, 5.41) is 6.52. The number of rotatable bonds is 8. The van der Waals surface area contributed by atoms with E-state index in [-0.39, 0.29) is 24.1 Å². The monoisotopic (exact) mass is 400 g/mol. The molecule has 0 saturated carbocycles. The number of nitrogens with one attached hydrogen (secondary N) is 1. The minimum atomic E-state index is -0.156. The van der Waals surface area contributed by atoms with Crippen LogP contribution in [0.5, 0.6) is 0 Å². The van der Waals surface area contributed by atoms with Crippen molar-refractivity contribution in [1.82, 2.24) is 20.2 Å². The summed E-state index contributed by atoms with van der Waals surface area (Å²) in [7, 11) is 0. The molecule has 0 bridgehead atoms. The molecule has 0 aliphatic rings. The Labute approximate surface area is 166 Å². The molecule has 1 aromatic carbocycles. The summed E-state index contributed by atoms with van der Waals surface area (Å²) in [5.41, 5.74) is 0.850. The molecule has 0 aliphatic heterocycles. The number of benzene rings is 1. The van der Waals surface area contributed by atoms with Crippen LogP contribution in [0.4, 0.5) is 0 Å². The van der Waals surface area contributed by atoms with Gasteiger partial charge in [-0.25, -0.2) is 9.97 Å². The Morgan fingerprint density at radius 1 is 1.19 bits per heavy atom. The molecule has 2 amide bonds. The van der Waals surface area contributed by atoms with Crippen LogP contribution in [-0.2, 0) is 16.1 Å². The molecule has 2 heterocycles. The van der Waals surface area contributed by atoms with Crippen LogP contribution in [0.15, 0.2) is 53.1 Å². The van der Waals surface area contributed by atoms with Crippen molar-refractivity contribution in [3.8, 4) is 0 Å². The minimum absolute atomic E-state index is 0.0613. The summed E-state index contributed by atoms with van der Waals surface area (Å²) in [5.74, 6) is -0.0138. The van der Waals surface area contributed by atoms with E-state index < -0.39 is 0 Å². The molecule has 0 atom stereocenters. The number of carbonyl (C=O) groups is 2. The Balaban J connectivity index is 1.54. The van der Waals surface area contributed by atoms with Crippen LogP contribution in [0.2, 0.25) is 0 Å². The van der Waals surface area contributed by atoms with E-state index in [4.69, 9.17) is 0 Å². The average Bonchev–Trinajstić information content (AvgIpc) is 3.22. The van der Waals surface area contributed by atoms with Gasteiger partial charge < -0.3 is 10.2 Å². The molecule has 0 spiro atoms. The van der Waals surface area contributed by atoms with E-state index in [0.717, 1.165) is 20.8 Å². The molecule has 140 valence electrons. The number of para-hydroxylation sites is 1. The molecular weight excluding hydrogens is 380 g/mol. The van der Waals surface area contributed by atoms with Gasteiger partial charge in [0, 0.05) is 16.8 Å². The van der Waals surface area contributed by atoms with Crippen molar-refractivity contribution in [2.45, 2.75) is 18.5 Å². The number of thioether (sulfide) groups is 1. The second kappa shape index (κ2) is 9.48. The number of carbonyl (C=O) groups excluding carboxylic acids is 2. The second-order valence-corrected chi connectivity index (χ2v) is 7.74. The lowest BCUT2D eigenvalue weighted by Crippen LogP contribution is -2.41. The molecular formula is C19H20N4O2S2. The molecule has 8 heteroatoms. The fraction of sp³-hybridized carbons (Fsp3) is 0.263. The number of nitrogens with zero attached hydrogens (tertiary/aromatic N) is 3. The lowest BCUT2D eigenvalue weighted by molar-refractivity contribution is -0.133. The average molecular weight is 401 g/mol. The number of likely N-dealkylation sites (N-methyl/N-ethyl adjacent to an activating group) is 1. The Hall–Kier alpha value is -2.45. The maximum absolute atomic E-state index is 12.5. The standard InChI is InChI=1S/C19H20N4O2S2/c1-2-23(11-17(24)20-10-14-6-5-9-26-14)18(25)12-27-19-15-7-3-4-8-16(15)21-13-22-19/h3-9,13H,2,10-12H2,1H3,(H,20,24). The fourth-order valence-corrected chi connectivity index (χ4v) is 4.06. The first kappa shape index (κ1) is 19.3. The topological polar surface area (TPSA) is 75.2 Å². The summed E-state index contributed by atoms with van der Waals surface area (Å²) in [6, 6.07) is 11.6. The van der Waals surface area contributed by atoms with Gasteiger partial charge in [0.2, 0.25) is 11.8 Å². The van der Waals surface area contributed by atoms with Crippen LogP contribution >= 0.6 is 23.1 Å². The number of fused-ring (bicyclic) bond motifs is 1. The van der Waals surface area contributed by atoms with Gasteiger partial charge in [0.25, 0.3) is 0 Å². The van der Waals surface area contributed by atoms with Gasteiger partial charge in [-0.1, -0.05) is 36.0 Å². The highest BCUT2D eigenvalue weighted by atomic mass is 32.2. The molecule has 0 saturated heterocycles. The number of thiophene rings is 1. The molecule has 0 radical (unpaired) electrons.